The van der Waals surface area contributed by atoms with Gasteiger partial charge in [-0.3, -0.25) is 19.3 Å². The summed E-state index contributed by atoms with van der Waals surface area (Å²) in [5.41, 5.74) is 2.00. The largest absolute Gasteiger partial charge is 0.490 e. The van der Waals surface area contributed by atoms with Crippen LogP contribution in [0.15, 0.2) is 65.6 Å². The van der Waals surface area contributed by atoms with Crippen LogP contribution in [0.2, 0.25) is 10.0 Å². The molecule has 196 valence electrons. The number of rotatable bonds is 9. The Labute approximate surface area is 247 Å². The van der Waals surface area contributed by atoms with E-state index in [9.17, 15) is 14.4 Å². The average molecular weight is 683 g/mol. The molecule has 3 aromatic carbocycles. The van der Waals surface area contributed by atoms with Gasteiger partial charge in [0.1, 0.15) is 13.2 Å². The molecule has 0 radical (unpaired) electrons. The molecule has 0 atom stereocenters. The van der Waals surface area contributed by atoms with E-state index in [4.69, 9.17) is 32.7 Å². The molecule has 0 aromatic heterocycles. The van der Waals surface area contributed by atoms with E-state index in [2.05, 4.69) is 27.9 Å². The number of halogens is 3. The molecule has 11 heteroatoms. The lowest BCUT2D eigenvalue weighted by Gasteiger charge is -2.15. The van der Waals surface area contributed by atoms with Gasteiger partial charge >= 0.3 is 0 Å². The number of ether oxygens (including phenoxy) is 2. The second-order valence-corrected chi connectivity index (χ2v) is 11.0. The van der Waals surface area contributed by atoms with Crippen molar-refractivity contribution in [2.75, 3.05) is 18.5 Å². The average Bonchev–Trinajstić information content (AvgIpc) is 3.13. The van der Waals surface area contributed by atoms with Crippen LogP contribution in [0.25, 0.3) is 6.08 Å². The highest BCUT2D eigenvalue weighted by Gasteiger charge is 2.36. The predicted molar refractivity (Wildman–Crippen MR) is 159 cm³/mol. The molecule has 0 bridgehead atoms. The van der Waals surface area contributed by atoms with Gasteiger partial charge in [0.25, 0.3) is 11.1 Å². The van der Waals surface area contributed by atoms with Crippen molar-refractivity contribution in [1.82, 2.24) is 4.90 Å². The van der Waals surface area contributed by atoms with Gasteiger partial charge in [-0.15, -0.1) is 0 Å². The van der Waals surface area contributed by atoms with E-state index in [1.54, 1.807) is 48.5 Å². The minimum absolute atomic E-state index is 0.202. The molecule has 1 aliphatic heterocycles. The number of anilines is 1. The maximum atomic E-state index is 13.0. The van der Waals surface area contributed by atoms with Crippen LogP contribution < -0.4 is 14.8 Å². The van der Waals surface area contributed by atoms with Crippen LogP contribution in [0.3, 0.4) is 0 Å². The zero-order valence-electron chi connectivity index (χ0n) is 20.0. The van der Waals surface area contributed by atoms with Crippen molar-refractivity contribution in [1.29, 1.82) is 0 Å². The lowest BCUT2D eigenvalue weighted by Crippen LogP contribution is -2.36. The van der Waals surface area contributed by atoms with Crippen molar-refractivity contribution < 1.29 is 23.9 Å². The topological polar surface area (TPSA) is 84.9 Å². The molecular weight excluding hydrogens is 662 g/mol. The van der Waals surface area contributed by atoms with Crippen LogP contribution in [0.4, 0.5) is 10.5 Å². The molecule has 1 heterocycles. The first-order valence-corrected chi connectivity index (χ1v) is 14.0. The van der Waals surface area contributed by atoms with Gasteiger partial charge in [-0.05, 0) is 94.9 Å². The Morgan fingerprint density at radius 3 is 2.53 bits per heavy atom. The molecule has 3 amide bonds. The van der Waals surface area contributed by atoms with Crippen LogP contribution in [0, 0.1) is 3.57 Å². The van der Waals surface area contributed by atoms with Crippen LogP contribution in [-0.4, -0.2) is 35.1 Å². The monoisotopic (exact) mass is 682 g/mol. The molecule has 3 aromatic rings. The Hall–Kier alpha value is -2.73. The first kappa shape index (κ1) is 28.3. The molecular formula is C27H21Cl2IN2O5S. The molecule has 0 saturated carbocycles. The standard InChI is InChI=1S/C27H21Cl2IN2O5S/c1-2-36-22-12-17(11-20(30)25(22)37-15-16-7-9-18(28)10-8-16)13-23-26(34)32(27(35)38-23)14-24(33)31-21-6-4-3-5-19(21)29/h3-13H,2,14-15H2,1H3,(H,31,33)/b23-13+. The van der Waals surface area contributed by atoms with Gasteiger partial charge in [0, 0.05) is 5.02 Å². The van der Waals surface area contributed by atoms with Gasteiger partial charge < -0.3 is 14.8 Å². The Balaban J connectivity index is 1.49. The molecule has 4 rings (SSSR count). The van der Waals surface area contributed by atoms with Crippen molar-refractivity contribution in [3.8, 4) is 11.5 Å². The van der Waals surface area contributed by atoms with E-state index in [1.165, 1.54) is 0 Å². The maximum Gasteiger partial charge on any atom is 0.294 e. The first-order chi connectivity index (χ1) is 18.2. The molecule has 1 fully saturated rings. The predicted octanol–water partition coefficient (Wildman–Crippen LogP) is 7.25. The first-order valence-electron chi connectivity index (χ1n) is 11.4. The van der Waals surface area contributed by atoms with E-state index < -0.39 is 23.6 Å². The van der Waals surface area contributed by atoms with Crippen LogP contribution in [0.5, 0.6) is 11.5 Å². The number of carbonyl (C=O) groups is 3. The SMILES string of the molecule is CCOc1cc(/C=C2/SC(=O)N(CC(=O)Nc3ccccc3Cl)C2=O)cc(I)c1OCc1ccc(Cl)cc1. The molecule has 0 unspecified atom stereocenters. The number of carbonyl (C=O) groups excluding carboxylic acids is 3. The van der Waals surface area contributed by atoms with Gasteiger partial charge in [-0.1, -0.05) is 47.5 Å². The van der Waals surface area contributed by atoms with Crippen LogP contribution >= 0.6 is 57.6 Å². The third kappa shape index (κ3) is 7.02. The van der Waals surface area contributed by atoms with E-state index in [1.807, 2.05) is 25.1 Å². The van der Waals surface area contributed by atoms with E-state index in [0.29, 0.717) is 46.0 Å². The molecule has 0 spiro atoms. The summed E-state index contributed by atoms with van der Waals surface area (Å²) in [5.74, 6) is 0.00391. The summed E-state index contributed by atoms with van der Waals surface area (Å²) in [6, 6.07) is 17.7. The molecule has 7 nitrogen and oxygen atoms in total. The number of hydrogen-bond acceptors (Lipinski definition) is 6. The fourth-order valence-corrected chi connectivity index (χ4v) is 5.42. The Morgan fingerprint density at radius 2 is 1.82 bits per heavy atom. The van der Waals surface area contributed by atoms with Crippen molar-refractivity contribution in [2.24, 2.45) is 0 Å². The highest BCUT2D eigenvalue weighted by molar-refractivity contribution is 14.1. The van der Waals surface area contributed by atoms with Gasteiger partial charge in [-0.25, -0.2) is 0 Å². The molecule has 38 heavy (non-hydrogen) atoms. The summed E-state index contributed by atoms with van der Waals surface area (Å²) < 4.78 is 12.6. The fraction of sp³-hybridized carbons (Fsp3) is 0.148. The van der Waals surface area contributed by atoms with Gasteiger partial charge in [0.05, 0.1) is 25.8 Å². The number of para-hydroxylation sites is 1. The van der Waals surface area contributed by atoms with Crippen molar-refractivity contribution in [2.45, 2.75) is 13.5 Å². The quantitative estimate of drug-likeness (QED) is 0.189. The molecule has 1 N–H and O–H groups in total. The second kappa shape index (κ2) is 12.9. The molecule has 0 aliphatic carbocycles. The highest BCUT2D eigenvalue weighted by atomic mass is 127. The number of thioether (sulfide) groups is 1. The number of imide groups is 1. The number of hydrogen-bond donors (Lipinski definition) is 1. The fourth-order valence-electron chi connectivity index (χ4n) is 3.49. The zero-order chi connectivity index (χ0) is 27.2. The Kier molecular flexibility index (Phi) is 9.59. The van der Waals surface area contributed by atoms with Crippen LogP contribution in [0.1, 0.15) is 18.1 Å². The Morgan fingerprint density at radius 1 is 1.08 bits per heavy atom. The summed E-state index contributed by atoms with van der Waals surface area (Å²) in [4.78, 5) is 39.1. The van der Waals surface area contributed by atoms with Crippen molar-refractivity contribution in [3.05, 3.63) is 90.3 Å². The van der Waals surface area contributed by atoms with E-state index >= 15 is 0 Å². The second-order valence-electron chi connectivity index (χ2n) is 7.97. The van der Waals surface area contributed by atoms with E-state index in [0.717, 1.165) is 25.8 Å². The summed E-state index contributed by atoms with van der Waals surface area (Å²) in [5, 5.41) is 3.09. The van der Waals surface area contributed by atoms with Crippen molar-refractivity contribution >= 4 is 86.4 Å². The zero-order valence-corrected chi connectivity index (χ0v) is 24.5. The lowest BCUT2D eigenvalue weighted by molar-refractivity contribution is -0.127. The van der Waals surface area contributed by atoms with Gasteiger partial charge in [0.15, 0.2) is 11.5 Å². The summed E-state index contributed by atoms with van der Waals surface area (Å²) >= 11 is 14.9. The number of benzene rings is 3. The normalized spacial score (nSPS) is 14.2. The third-order valence-corrected chi connectivity index (χ3v) is 7.54. The Bertz CT molecular complexity index is 1420. The van der Waals surface area contributed by atoms with E-state index in [-0.39, 0.29) is 4.91 Å². The minimum atomic E-state index is -0.551. The molecule has 1 saturated heterocycles. The summed E-state index contributed by atoms with van der Waals surface area (Å²) in [6.45, 7) is 2.17. The minimum Gasteiger partial charge on any atom is -0.490 e. The highest BCUT2D eigenvalue weighted by Crippen LogP contribution is 2.38. The van der Waals surface area contributed by atoms with Gasteiger partial charge in [-0.2, -0.15) is 0 Å². The number of amides is 3. The number of nitrogens with one attached hydrogen (secondary N) is 1. The van der Waals surface area contributed by atoms with Gasteiger partial charge in [0.2, 0.25) is 5.91 Å². The van der Waals surface area contributed by atoms with Crippen LogP contribution in [-0.2, 0) is 16.2 Å². The third-order valence-electron chi connectivity index (χ3n) is 5.25. The summed E-state index contributed by atoms with van der Waals surface area (Å²) in [7, 11) is 0. The molecule has 1 aliphatic rings. The smallest absolute Gasteiger partial charge is 0.294 e. The maximum absolute atomic E-state index is 13.0. The van der Waals surface area contributed by atoms with Crippen molar-refractivity contribution in [3.63, 3.8) is 0 Å². The summed E-state index contributed by atoms with van der Waals surface area (Å²) in [6.07, 6.45) is 1.60. The lowest BCUT2D eigenvalue weighted by atomic mass is 10.1. The number of nitrogens with zero attached hydrogens (tertiary/aromatic N) is 1.